The van der Waals surface area contributed by atoms with Crippen molar-refractivity contribution in [3.63, 3.8) is 0 Å². The van der Waals surface area contributed by atoms with Crippen LogP contribution in [0, 0.1) is 5.82 Å². The number of anilines is 2. The molecule has 5 rings (SSSR count). The van der Waals surface area contributed by atoms with Gasteiger partial charge in [-0.15, -0.1) is 0 Å². The standard InChI is InChI=1S/C22H23FN6O/c1-3-17-21(30)27(2)18-13-25-22(26-20(18)29(17)14-7-6-8-14)28-12-11-24-19(28)15-9-4-5-10-16(15)23/h4-5,9-14,17H,3,6-8H2,1-2H3. The maximum absolute atomic E-state index is 14.4. The molecule has 2 aliphatic rings. The summed E-state index contributed by atoms with van der Waals surface area (Å²) in [5.74, 6) is 1.33. The summed E-state index contributed by atoms with van der Waals surface area (Å²) in [5, 5.41) is 0. The molecule has 8 heteroatoms. The predicted octanol–water partition coefficient (Wildman–Crippen LogP) is 3.58. The van der Waals surface area contributed by atoms with E-state index in [0.717, 1.165) is 25.1 Å². The van der Waals surface area contributed by atoms with Gasteiger partial charge in [0.25, 0.3) is 0 Å². The average molecular weight is 406 g/mol. The van der Waals surface area contributed by atoms with Crippen molar-refractivity contribution in [1.29, 1.82) is 0 Å². The van der Waals surface area contributed by atoms with Gasteiger partial charge in [0.1, 0.15) is 23.4 Å². The minimum absolute atomic E-state index is 0.0722. The maximum Gasteiger partial charge on any atom is 0.249 e. The summed E-state index contributed by atoms with van der Waals surface area (Å²) >= 11 is 0. The smallest absolute Gasteiger partial charge is 0.249 e. The molecule has 1 atom stereocenters. The number of hydrogen-bond donors (Lipinski definition) is 0. The number of likely N-dealkylation sites (N-methyl/N-ethyl adjacent to an activating group) is 1. The van der Waals surface area contributed by atoms with Crippen LogP contribution < -0.4 is 9.80 Å². The van der Waals surface area contributed by atoms with Gasteiger partial charge >= 0.3 is 0 Å². The number of rotatable bonds is 4. The molecule has 3 aromatic rings. The van der Waals surface area contributed by atoms with Crippen molar-refractivity contribution in [2.75, 3.05) is 16.8 Å². The van der Waals surface area contributed by atoms with E-state index in [2.05, 4.69) is 14.9 Å². The largest absolute Gasteiger partial charge is 0.340 e. The second-order valence-corrected chi connectivity index (χ2v) is 7.79. The molecule has 1 aliphatic carbocycles. The molecule has 0 bridgehead atoms. The Labute approximate surface area is 174 Å². The number of imidazole rings is 1. The number of carbonyl (C=O) groups is 1. The second-order valence-electron chi connectivity index (χ2n) is 7.79. The van der Waals surface area contributed by atoms with E-state index < -0.39 is 0 Å². The van der Waals surface area contributed by atoms with Gasteiger partial charge in [-0.1, -0.05) is 19.1 Å². The molecule has 3 heterocycles. The Morgan fingerprint density at radius 2 is 2.00 bits per heavy atom. The topological polar surface area (TPSA) is 67.2 Å². The zero-order valence-corrected chi connectivity index (χ0v) is 17.0. The molecule has 0 N–H and O–H groups in total. The Morgan fingerprint density at radius 3 is 2.70 bits per heavy atom. The van der Waals surface area contributed by atoms with Crippen molar-refractivity contribution >= 4 is 17.4 Å². The zero-order valence-electron chi connectivity index (χ0n) is 17.0. The number of halogens is 1. The summed E-state index contributed by atoms with van der Waals surface area (Å²) in [5.41, 5.74) is 1.09. The van der Waals surface area contributed by atoms with Gasteiger partial charge in [-0.3, -0.25) is 9.36 Å². The number of hydrogen-bond acceptors (Lipinski definition) is 5. The summed E-state index contributed by atoms with van der Waals surface area (Å²) in [6.45, 7) is 2.03. The van der Waals surface area contributed by atoms with Crippen molar-refractivity contribution in [2.24, 2.45) is 0 Å². The normalized spacial score (nSPS) is 19.0. The number of aromatic nitrogens is 4. The lowest BCUT2D eigenvalue weighted by Crippen LogP contribution is -2.57. The molecule has 1 unspecified atom stereocenters. The summed E-state index contributed by atoms with van der Waals surface area (Å²) in [6.07, 6.45) is 9.00. The molecule has 7 nitrogen and oxygen atoms in total. The van der Waals surface area contributed by atoms with Crippen LogP contribution in [0.3, 0.4) is 0 Å². The van der Waals surface area contributed by atoms with Crippen LogP contribution in [0.2, 0.25) is 0 Å². The quantitative estimate of drug-likeness (QED) is 0.663. The number of nitrogens with zero attached hydrogens (tertiary/aromatic N) is 6. The molecule has 1 amide bonds. The van der Waals surface area contributed by atoms with E-state index in [9.17, 15) is 9.18 Å². The zero-order chi connectivity index (χ0) is 20.8. The van der Waals surface area contributed by atoms with Crippen LogP contribution in [0.5, 0.6) is 0 Å². The van der Waals surface area contributed by atoms with Crippen LogP contribution >= 0.6 is 0 Å². The lowest BCUT2D eigenvalue weighted by molar-refractivity contribution is -0.120. The van der Waals surface area contributed by atoms with Crippen LogP contribution in [0.25, 0.3) is 17.3 Å². The van der Waals surface area contributed by atoms with E-state index >= 15 is 0 Å². The third-order valence-electron chi connectivity index (χ3n) is 6.12. The fraction of sp³-hybridized carbons (Fsp3) is 0.364. The monoisotopic (exact) mass is 406 g/mol. The first-order chi connectivity index (χ1) is 14.6. The average Bonchev–Trinajstić information content (AvgIpc) is 3.20. The molecule has 1 aliphatic heterocycles. The van der Waals surface area contributed by atoms with Gasteiger partial charge in [0, 0.05) is 25.5 Å². The van der Waals surface area contributed by atoms with Gasteiger partial charge in [-0.25, -0.2) is 14.4 Å². The first-order valence-corrected chi connectivity index (χ1v) is 10.3. The highest BCUT2D eigenvalue weighted by molar-refractivity contribution is 6.04. The number of amides is 1. The Kier molecular flexibility index (Phi) is 4.49. The summed E-state index contributed by atoms with van der Waals surface area (Å²) in [4.78, 5) is 30.4. The van der Waals surface area contributed by atoms with Crippen molar-refractivity contribution < 1.29 is 9.18 Å². The first-order valence-electron chi connectivity index (χ1n) is 10.3. The molecule has 0 spiro atoms. The van der Waals surface area contributed by atoms with E-state index in [0.29, 0.717) is 35.5 Å². The third-order valence-corrected chi connectivity index (χ3v) is 6.12. The van der Waals surface area contributed by atoms with Crippen molar-refractivity contribution in [3.8, 4) is 17.3 Å². The number of carbonyl (C=O) groups excluding carboxylic acids is 1. The second kappa shape index (κ2) is 7.19. The number of benzene rings is 1. The van der Waals surface area contributed by atoms with E-state index in [1.165, 1.54) is 6.07 Å². The first kappa shape index (κ1) is 18.7. The highest BCUT2D eigenvalue weighted by Crippen LogP contribution is 2.40. The van der Waals surface area contributed by atoms with E-state index in [-0.39, 0.29) is 17.8 Å². The number of fused-ring (bicyclic) bond motifs is 1. The molecular formula is C22H23FN6O. The summed E-state index contributed by atoms with van der Waals surface area (Å²) in [7, 11) is 1.77. The van der Waals surface area contributed by atoms with E-state index in [1.807, 2.05) is 6.92 Å². The van der Waals surface area contributed by atoms with Gasteiger partial charge < -0.3 is 9.80 Å². The Bertz CT molecular complexity index is 1110. The van der Waals surface area contributed by atoms with E-state index in [1.54, 1.807) is 53.3 Å². The minimum atomic E-state index is -0.351. The molecule has 1 saturated carbocycles. The molecule has 30 heavy (non-hydrogen) atoms. The SMILES string of the molecule is CCC1C(=O)N(C)c2cnc(-n3ccnc3-c3ccccc3F)nc2N1C1CCC1. The van der Waals surface area contributed by atoms with Gasteiger partial charge in [0.2, 0.25) is 11.9 Å². The van der Waals surface area contributed by atoms with Crippen LogP contribution in [0.15, 0.2) is 42.9 Å². The van der Waals surface area contributed by atoms with Crippen LogP contribution in [0.1, 0.15) is 32.6 Å². The summed E-state index contributed by atoms with van der Waals surface area (Å²) in [6, 6.07) is 6.60. The lowest BCUT2D eigenvalue weighted by atomic mass is 9.88. The molecule has 1 aromatic carbocycles. The minimum Gasteiger partial charge on any atom is -0.340 e. The fourth-order valence-corrected chi connectivity index (χ4v) is 4.28. The van der Waals surface area contributed by atoms with Crippen LogP contribution in [-0.2, 0) is 4.79 Å². The van der Waals surface area contributed by atoms with Gasteiger partial charge in [0.15, 0.2) is 5.82 Å². The Hall–Kier alpha value is -3.29. The van der Waals surface area contributed by atoms with Crippen molar-refractivity contribution in [1.82, 2.24) is 19.5 Å². The lowest BCUT2D eigenvalue weighted by Gasteiger charge is -2.47. The molecule has 0 saturated heterocycles. The van der Waals surface area contributed by atoms with Crippen LogP contribution in [0.4, 0.5) is 15.9 Å². The molecule has 1 fully saturated rings. The molecule has 0 radical (unpaired) electrons. The Balaban J connectivity index is 1.64. The maximum atomic E-state index is 14.4. The predicted molar refractivity (Wildman–Crippen MR) is 112 cm³/mol. The van der Waals surface area contributed by atoms with Crippen molar-refractivity contribution in [2.45, 2.75) is 44.7 Å². The van der Waals surface area contributed by atoms with Gasteiger partial charge in [-0.05, 0) is 37.8 Å². The molecule has 154 valence electrons. The summed E-state index contributed by atoms with van der Waals surface area (Å²) < 4.78 is 16.1. The van der Waals surface area contributed by atoms with Gasteiger partial charge in [0.05, 0.1) is 11.8 Å². The molecular weight excluding hydrogens is 383 g/mol. The molecule has 2 aromatic heterocycles. The Morgan fingerprint density at radius 1 is 1.20 bits per heavy atom. The highest BCUT2D eigenvalue weighted by Gasteiger charge is 2.42. The fourth-order valence-electron chi connectivity index (χ4n) is 4.28. The van der Waals surface area contributed by atoms with Crippen LogP contribution in [-0.4, -0.2) is 44.6 Å². The van der Waals surface area contributed by atoms with E-state index in [4.69, 9.17) is 4.98 Å². The third kappa shape index (κ3) is 2.78. The van der Waals surface area contributed by atoms with Gasteiger partial charge in [-0.2, -0.15) is 4.98 Å². The van der Waals surface area contributed by atoms with Crippen molar-refractivity contribution in [3.05, 3.63) is 48.7 Å². The highest BCUT2D eigenvalue weighted by atomic mass is 19.1.